The molecule has 5 unspecified atom stereocenters. The van der Waals surface area contributed by atoms with Crippen LogP contribution in [0.2, 0.25) is 0 Å². The maximum Gasteiger partial charge on any atom is 0.327 e. The first-order valence-corrected chi connectivity index (χ1v) is 7.17. The van der Waals surface area contributed by atoms with E-state index in [9.17, 15) is 39.5 Å². The van der Waals surface area contributed by atoms with Crippen molar-refractivity contribution in [3.63, 3.8) is 0 Å². The largest absolute Gasteiger partial charge is 0.327 e. The van der Waals surface area contributed by atoms with Crippen LogP contribution in [0, 0.1) is 0 Å². The molecule has 0 spiro atoms. The lowest BCUT2D eigenvalue weighted by Gasteiger charge is -2.34. The van der Waals surface area contributed by atoms with E-state index in [-0.39, 0.29) is 22.6 Å². The minimum atomic E-state index is -5.40. The van der Waals surface area contributed by atoms with Crippen molar-refractivity contribution in [3.05, 3.63) is 35.9 Å². The lowest BCUT2D eigenvalue weighted by Crippen LogP contribution is -2.54. The lowest BCUT2D eigenvalue weighted by molar-refractivity contribution is -0.183. The van der Waals surface area contributed by atoms with Crippen LogP contribution >= 0.6 is 22.6 Å². The van der Waals surface area contributed by atoms with Crippen LogP contribution in [0.1, 0.15) is 11.7 Å². The van der Waals surface area contributed by atoms with Crippen LogP contribution in [-0.4, -0.2) is 34.5 Å². The van der Waals surface area contributed by atoms with E-state index in [4.69, 9.17) is 0 Å². The zero-order chi connectivity index (χ0) is 18.0. The fourth-order valence-electron chi connectivity index (χ4n) is 1.68. The van der Waals surface area contributed by atoms with Gasteiger partial charge in [-0.3, -0.25) is 0 Å². The molecule has 1 aromatic rings. The molecule has 1 rings (SSSR count). The molecule has 0 bridgehead atoms. The van der Waals surface area contributed by atoms with Crippen LogP contribution in [0.15, 0.2) is 30.3 Å². The van der Waals surface area contributed by atoms with E-state index in [0.717, 1.165) is 12.1 Å². The highest BCUT2D eigenvalue weighted by Gasteiger charge is 2.67. The Bertz CT molecular complexity index is 493. The number of benzene rings is 1. The SMILES string of the molecule is FC(F)C(F)C(F)C(F)C(F)(F)C(F)(I)C(F)c1ccccc1. The molecule has 0 saturated carbocycles. The average molecular weight is 464 g/mol. The third-order valence-corrected chi connectivity index (χ3v) is 4.29. The first-order valence-electron chi connectivity index (χ1n) is 6.09. The van der Waals surface area contributed by atoms with E-state index >= 15 is 0 Å². The molecule has 0 aromatic heterocycles. The van der Waals surface area contributed by atoms with Gasteiger partial charge in [0.05, 0.1) is 0 Å². The second-order valence-electron chi connectivity index (χ2n) is 4.64. The van der Waals surface area contributed by atoms with Gasteiger partial charge in [0.1, 0.15) is 0 Å². The van der Waals surface area contributed by atoms with E-state index in [1.165, 1.54) is 18.2 Å². The summed E-state index contributed by atoms with van der Waals surface area (Å²) in [6.07, 6.45) is -19.4. The van der Waals surface area contributed by atoms with Gasteiger partial charge in [0, 0.05) is 0 Å². The smallest absolute Gasteiger partial charge is 0.241 e. The summed E-state index contributed by atoms with van der Waals surface area (Å²) in [5, 5.41) is 0. The van der Waals surface area contributed by atoms with E-state index in [2.05, 4.69) is 0 Å². The molecule has 5 atom stereocenters. The molecule has 0 heterocycles. The summed E-state index contributed by atoms with van der Waals surface area (Å²) in [6, 6.07) is 5.58. The van der Waals surface area contributed by atoms with Gasteiger partial charge >= 0.3 is 5.92 Å². The lowest BCUT2D eigenvalue weighted by atomic mass is 9.96. The van der Waals surface area contributed by atoms with E-state index in [1.807, 2.05) is 0 Å². The Labute approximate surface area is 139 Å². The van der Waals surface area contributed by atoms with Gasteiger partial charge in [0.25, 0.3) is 10.1 Å². The summed E-state index contributed by atoms with van der Waals surface area (Å²) >= 11 is 0.229. The fraction of sp³-hybridized carbons (Fsp3) is 0.538. The highest BCUT2D eigenvalue weighted by molar-refractivity contribution is 14.1. The van der Waals surface area contributed by atoms with Crippen molar-refractivity contribution in [2.45, 2.75) is 40.7 Å². The van der Waals surface area contributed by atoms with Crippen LogP contribution in [0.3, 0.4) is 0 Å². The van der Waals surface area contributed by atoms with Crippen LogP contribution in [-0.2, 0) is 0 Å². The van der Waals surface area contributed by atoms with Crippen LogP contribution in [0.4, 0.5) is 39.5 Å². The van der Waals surface area contributed by atoms with Gasteiger partial charge in [0.15, 0.2) is 18.5 Å². The summed E-state index contributed by atoms with van der Waals surface area (Å²) in [7, 11) is 0. The van der Waals surface area contributed by atoms with Gasteiger partial charge in [-0.25, -0.2) is 30.7 Å². The first kappa shape index (κ1) is 20.4. The van der Waals surface area contributed by atoms with E-state index in [0.29, 0.717) is 0 Å². The molecule has 23 heavy (non-hydrogen) atoms. The molecule has 0 amide bonds. The number of rotatable bonds is 7. The molecule has 0 radical (unpaired) electrons. The Morgan fingerprint density at radius 2 is 1.26 bits per heavy atom. The predicted molar refractivity (Wildman–Crippen MR) is 73.8 cm³/mol. The van der Waals surface area contributed by atoms with Gasteiger partial charge in [-0.1, -0.05) is 30.3 Å². The second-order valence-corrected chi connectivity index (χ2v) is 6.21. The molecule has 0 aliphatic carbocycles. The van der Waals surface area contributed by atoms with Gasteiger partial charge in [-0.05, 0) is 28.2 Å². The third kappa shape index (κ3) is 4.05. The molecule has 0 aliphatic rings. The van der Waals surface area contributed by atoms with Crippen molar-refractivity contribution in [1.82, 2.24) is 0 Å². The quantitative estimate of drug-likeness (QED) is 0.276. The summed E-state index contributed by atoms with van der Waals surface area (Å²) in [5.74, 6) is -5.40. The van der Waals surface area contributed by atoms with E-state index < -0.39 is 46.3 Å². The monoisotopic (exact) mass is 464 g/mol. The van der Waals surface area contributed by atoms with Crippen molar-refractivity contribution in [3.8, 4) is 0 Å². The Balaban J connectivity index is 3.08. The first-order chi connectivity index (χ1) is 10.4. The van der Waals surface area contributed by atoms with Gasteiger partial charge < -0.3 is 0 Å². The highest BCUT2D eigenvalue weighted by Crippen LogP contribution is 2.52. The van der Waals surface area contributed by atoms with Gasteiger partial charge in [-0.15, -0.1) is 0 Å². The predicted octanol–water partition coefficient (Wildman–Crippen LogP) is 5.71. The van der Waals surface area contributed by atoms with Crippen molar-refractivity contribution in [2.75, 3.05) is 0 Å². The summed E-state index contributed by atoms with van der Waals surface area (Å²) < 4.78 is 115. The topological polar surface area (TPSA) is 0 Å². The van der Waals surface area contributed by atoms with Crippen molar-refractivity contribution < 1.29 is 39.5 Å². The van der Waals surface area contributed by atoms with Crippen LogP contribution in [0.25, 0.3) is 0 Å². The standard InChI is InChI=1S/C13H10F9I/c14-7(8(15)11(18)19)10(17)12(20,21)13(22,23)9(16)6-4-2-1-3-5-6/h1-5,7-11H. The number of halogens is 10. The van der Waals surface area contributed by atoms with Crippen LogP contribution in [0.5, 0.6) is 0 Å². The van der Waals surface area contributed by atoms with Gasteiger partial charge in [-0.2, -0.15) is 8.78 Å². The fourth-order valence-corrected chi connectivity index (χ4v) is 2.34. The zero-order valence-corrected chi connectivity index (χ0v) is 13.2. The molecular weight excluding hydrogens is 454 g/mol. The maximum absolute atomic E-state index is 14.2. The highest BCUT2D eigenvalue weighted by atomic mass is 127. The van der Waals surface area contributed by atoms with Crippen molar-refractivity contribution >= 4 is 22.6 Å². The third-order valence-electron chi connectivity index (χ3n) is 3.03. The van der Waals surface area contributed by atoms with E-state index in [1.54, 1.807) is 0 Å². The Morgan fingerprint density at radius 3 is 1.70 bits per heavy atom. The minimum absolute atomic E-state index is 0.229. The summed E-state index contributed by atoms with van der Waals surface area (Å²) in [4.78, 5) is 0. The molecule has 1 aromatic carbocycles. The molecule has 0 N–H and O–H groups in total. The molecule has 0 fully saturated rings. The molecule has 132 valence electrons. The molecular formula is C13H10F9I. The molecule has 0 aliphatic heterocycles. The number of hydrogen-bond acceptors (Lipinski definition) is 0. The Morgan fingerprint density at radius 1 is 0.783 bits per heavy atom. The maximum atomic E-state index is 14.2. The van der Waals surface area contributed by atoms with Crippen molar-refractivity contribution in [1.29, 1.82) is 0 Å². The Kier molecular flexibility index (Phi) is 6.62. The molecule has 10 heteroatoms. The average Bonchev–Trinajstić information content (AvgIpc) is 2.52. The van der Waals surface area contributed by atoms with Gasteiger partial charge in [0.2, 0.25) is 6.17 Å². The molecule has 0 saturated heterocycles. The minimum Gasteiger partial charge on any atom is -0.241 e. The Hall–Kier alpha value is -0.680. The van der Waals surface area contributed by atoms with Crippen molar-refractivity contribution in [2.24, 2.45) is 0 Å². The second kappa shape index (κ2) is 7.47. The number of alkyl halides is 10. The summed E-state index contributed by atoms with van der Waals surface area (Å²) in [5.41, 5.74) is -0.600. The zero-order valence-electron chi connectivity index (χ0n) is 11.1. The van der Waals surface area contributed by atoms with Crippen LogP contribution < -0.4 is 0 Å². The number of hydrogen-bond donors (Lipinski definition) is 0. The summed E-state index contributed by atoms with van der Waals surface area (Å²) in [6.45, 7) is 0. The molecule has 0 nitrogen and oxygen atoms in total. The normalized spacial score (nSPS) is 20.7.